The number of aromatic nitrogens is 5. The molecule has 0 aliphatic carbocycles. The molecule has 0 unspecified atom stereocenters. The third kappa shape index (κ3) is 4.44. The molecule has 0 saturated carbocycles. The van der Waals surface area contributed by atoms with Gasteiger partial charge in [-0.25, -0.2) is 14.6 Å². The van der Waals surface area contributed by atoms with Gasteiger partial charge in [0, 0.05) is 24.7 Å². The first-order valence-corrected chi connectivity index (χ1v) is 11.6. The molecule has 10 nitrogen and oxygen atoms in total. The Kier molecular flexibility index (Phi) is 6.12. The summed E-state index contributed by atoms with van der Waals surface area (Å²) in [6, 6.07) is 7.17. The van der Waals surface area contributed by atoms with Crippen LogP contribution >= 0.6 is 11.6 Å². The quantitative estimate of drug-likeness (QED) is 0.400. The van der Waals surface area contributed by atoms with E-state index in [2.05, 4.69) is 21.7 Å². The maximum Gasteiger partial charge on any atom is 0.246 e. The van der Waals surface area contributed by atoms with Crippen molar-refractivity contribution in [3.63, 3.8) is 0 Å². The lowest BCUT2D eigenvalue weighted by atomic mass is 10.1. The van der Waals surface area contributed by atoms with Crippen molar-refractivity contribution in [3.8, 4) is 17.0 Å². The lowest BCUT2D eigenvalue weighted by Crippen LogP contribution is -2.40. The topological polar surface area (TPSA) is 125 Å². The smallest absolute Gasteiger partial charge is 0.246 e. The van der Waals surface area contributed by atoms with E-state index in [9.17, 15) is 4.79 Å². The first kappa shape index (κ1) is 22.9. The van der Waals surface area contributed by atoms with Gasteiger partial charge < -0.3 is 19.9 Å². The van der Waals surface area contributed by atoms with Gasteiger partial charge in [0.05, 0.1) is 16.5 Å². The highest BCUT2D eigenvalue weighted by Gasteiger charge is 2.28. The highest BCUT2D eigenvalue weighted by molar-refractivity contribution is 6.32. The third-order valence-electron chi connectivity index (χ3n) is 6.00. The molecule has 4 heterocycles. The Morgan fingerprint density at radius 1 is 1.37 bits per heavy atom. The van der Waals surface area contributed by atoms with Crippen LogP contribution in [0.3, 0.4) is 0 Å². The number of carbonyl (C=O) groups excluding carboxylic acids is 1. The van der Waals surface area contributed by atoms with Crippen LogP contribution in [0.15, 0.2) is 47.8 Å². The maximum atomic E-state index is 12.2. The van der Waals surface area contributed by atoms with Crippen molar-refractivity contribution >= 4 is 34.4 Å². The summed E-state index contributed by atoms with van der Waals surface area (Å²) >= 11 is 6.55. The van der Waals surface area contributed by atoms with Gasteiger partial charge in [-0.2, -0.15) is 5.10 Å². The zero-order chi connectivity index (χ0) is 24.5. The Hall–Kier alpha value is -3.92. The van der Waals surface area contributed by atoms with E-state index in [0.29, 0.717) is 57.9 Å². The number of nitrogen functional groups attached to an aromatic ring is 1. The van der Waals surface area contributed by atoms with Gasteiger partial charge in [-0.1, -0.05) is 23.3 Å². The number of nitrogens with zero attached hydrogens (tertiary/aromatic N) is 6. The molecule has 0 bridgehead atoms. The Bertz CT molecular complexity index is 1410. The number of amides is 1. The molecule has 1 atom stereocenters. The van der Waals surface area contributed by atoms with E-state index in [4.69, 9.17) is 31.7 Å². The van der Waals surface area contributed by atoms with Crippen LogP contribution in [0.25, 0.3) is 22.3 Å². The van der Waals surface area contributed by atoms with Gasteiger partial charge in [0.1, 0.15) is 41.6 Å². The fourth-order valence-corrected chi connectivity index (χ4v) is 4.57. The number of nitrogens with two attached hydrogens (primary N) is 1. The number of likely N-dealkylation sites (tertiary alicyclic amines) is 1. The number of fused-ring (bicyclic) bond motifs is 1. The SMILES string of the molecule is C=CC(=O)N1CCC[C@@H](n2nc(-c3ccc(OCc4cc(C)on4)c(Cl)c3)c3c(N)ncnc32)C1. The minimum Gasteiger partial charge on any atom is -0.486 e. The summed E-state index contributed by atoms with van der Waals surface area (Å²) in [4.78, 5) is 22.6. The molecular weight excluding hydrogens is 470 g/mol. The van der Waals surface area contributed by atoms with E-state index in [1.165, 1.54) is 12.4 Å². The minimum atomic E-state index is -0.0938. The average Bonchev–Trinajstić information content (AvgIpc) is 3.47. The second kappa shape index (κ2) is 9.38. The van der Waals surface area contributed by atoms with E-state index in [-0.39, 0.29) is 18.6 Å². The van der Waals surface area contributed by atoms with E-state index < -0.39 is 0 Å². The summed E-state index contributed by atoms with van der Waals surface area (Å²) in [5.41, 5.74) is 8.92. The van der Waals surface area contributed by atoms with E-state index in [0.717, 1.165) is 18.4 Å². The summed E-state index contributed by atoms with van der Waals surface area (Å²) in [6.07, 6.45) is 4.47. The fraction of sp³-hybridized carbons (Fsp3) is 0.292. The van der Waals surface area contributed by atoms with Crippen LogP contribution in [0, 0.1) is 6.92 Å². The molecular formula is C24H24ClN7O3. The Balaban J connectivity index is 1.48. The van der Waals surface area contributed by atoms with E-state index in [1.807, 2.05) is 17.7 Å². The summed E-state index contributed by atoms with van der Waals surface area (Å²) < 4.78 is 12.7. The molecule has 1 aliphatic rings. The Morgan fingerprint density at radius 3 is 2.97 bits per heavy atom. The van der Waals surface area contributed by atoms with Crippen molar-refractivity contribution in [2.24, 2.45) is 0 Å². The van der Waals surface area contributed by atoms with Gasteiger partial charge in [-0.05, 0) is 44.0 Å². The second-order valence-electron chi connectivity index (χ2n) is 8.40. The normalized spacial score (nSPS) is 15.9. The molecule has 1 amide bonds. The number of ether oxygens (including phenoxy) is 1. The maximum absolute atomic E-state index is 12.2. The molecule has 1 fully saturated rings. The van der Waals surface area contributed by atoms with Crippen LogP contribution < -0.4 is 10.5 Å². The lowest BCUT2D eigenvalue weighted by molar-refractivity contribution is -0.127. The standard InChI is InChI=1S/C24H24ClN7O3/c1-3-20(33)31-8-4-5-17(11-31)32-24-21(23(26)27-13-28-24)22(29-32)15-6-7-19(18(25)10-15)34-12-16-9-14(2)35-30-16/h3,6-7,9-10,13,17H,1,4-5,8,11-12H2,2H3,(H2,26,27,28)/t17-/m1/s1. The number of hydrogen-bond donors (Lipinski definition) is 1. The molecule has 1 aliphatic heterocycles. The zero-order valence-electron chi connectivity index (χ0n) is 19.1. The molecule has 0 radical (unpaired) electrons. The molecule has 180 valence electrons. The Labute approximate surface area is 206 Å². The average molecular weight is 494 g/mol. The molecule has 11 heteroatoms. The number of benzene rings is 1. The predicted molar refractivity (Wildman–Crippen MR) is 131 cm³/mol. The Morgan fingerprint density at radius 2 is 2.23 bits per heavy atom. The summed E-state index contributed by atoms with van der Waals surface area (Å²) in [7, 11) is 0. The van der Waals surface area contributed by atoms with Crippen LogP contribution in [-0.2, 0) is 11.4 Å². The van der Waals surface area contributed by atoms with E-state index >= 15 is 0 Å². The number of piperidine rings is 1. The summed E-state index contributed by atoms with van der Waals surface area (Å²) in [6.45, 7) is 6.86. The molecule has 1 saturated heterocycles. The summed E-state index contributed by atoms with van der Waals surface area (Å²) in [5, 5.41) is 9.86. The minimum absolute atomic E-state index is 0.0535. The van der Waals surface area contributed by atoms with Crippen molar-refractivity contribution in [2.75, 3.05) is 18.8 Å². The zero-order valence-corrected chi connectivity index (χ0v) is 19.9. The monoisotopic (exact) mass is 493 g/mol. The van der Waals surface area contributed by atoms with Crippen LogP contribution in [0.5, 0.6) is 5.75 Å². The number of aryl methyl sites for hydroxylation is 1. The van der Waals surface area contributed by atoms with Crippen molar-refractivity contribution < 1.29 is 14.1 Å². The van der Waals surface area contributed by atoms with Crippen molar-refractivity contribution in [1.29, 1.82) is 0 Å². The molecule has 35 heavy (non-hydrogen) atoms. The van der Waals surface area contributed by atoms with Gasteiger partial charge in [-0.15, -0.1) is 0 Å². The molecule has 0 spiro atoms. The largest absolute Gasteiger partial charge is 0.486 e. The number of carbonyl (C=O) groups is 1. The van der Waals surface area contributed by atoms with Gasteiger partial charge in [0.25, 0.3) is 0 Å². The van der Waals surface area contributed by atoms with Crippen LogP contribution in [-0.4, -0.2) is 48.8 Å². The van der Waals surface area contributed by atoms with Crippen LogP contribution in [0.2, 0.25) is 5.02 Å². The predicted octanol–water partition coefficient (Wildman–Crippen LogP) is 3.95. The van der Waals surface area contributed by atoms with Gasteiger partial charge in [0.2, 0.25) is 5.91 Å². The molecule has 4 aromatic rings. The summed E-state index contributed by atoms with van der Waals surface area (Å²) in [5.74, 6) is 1.45. The van der Waals surface area contributed by atoms with Crippen LogP contribution in [0.1, 0.15) is 30.3 Å². The number of anilines is 1. The lowest BCUT2D eigenvalue weighted by Gasteiger charge is -2.32. The molecule has 2 N–H and O–H groups in total. The van der Waals surface area contributed by atoms with Crippen molar-refractivity contribution in [3.05, 3.63) is 59.7 Å². The highest BCUT2D eigenvalue weighted by atomic mass is 35.5. The van der Waals surface area contributed by atoms with Gasteiger partial charge >= 0.3 is 0 Å². The molecule has 1 aromatic carbocycles. The number of rotatable bonds is 6. The number of halogens is 1. The van der Waals surface area contributed by atoms with E-state index in [1.54, 1.807) is 23.1 Å². The number of hydrogen-bond acceptors (Lipinski definition) is 8. The first-order chi connectivity index (χ1) is 16.9. The van der Waals surface area contributed by atoms with Crippen molar-refractivity contribution in [1.82, 2.24) is 29.8 Å². The fourth-order valence-electron chi connectivity index (χ4n) is 4.34. The van der Waals surface area contributed by atoms with Crippen LogP contribution in [0.4, 0.5) is 5.82 Å². The van der Waals surface area contributed by atoms with Gasteiger partial charge in [-0.3, -0.25) is 4.79 Å². The highest BCUT2D eigenvalue weighted by Crippen LogP contribution is 2.37. The molecule has 3 aromatic heterocycles. The van der Waals surface area contributed by atoms with Gasteiger partial charge in [0.15, 0.2) is 5.65 Å². The second-order valence-corrected chi connectivity index (χ2v) is 8.81. The first-order valence-electron chi connectivity index (χ1n) is 11.2. The molecule has 5 rings (SSSR count). The third-order valence-corrected chi connectivity index (χ3v) is 6.30. The van der Waals surface area contributed by atoms with Crippen molar-refractivity contribution in [2.45, 2.75) is 32.4 Å².